The second kappa shape index (κ2) is 3.42. The van der Waals surface area contributed by atoms with Crippen molar-refractivity contribution in [2.75, 3.05) is 0 Å². The third kappa shape index (κ3) is 52.8. The Hall–Kier alpha value is 1.41. The molecule has 0 aromatic carbocycles. The molecule has 0 bridgehead atoms. The number of rotatable bonds is 0. The van der Waals surface area contributed by atoms with Crippen molar-refractivity contribution >= 4 is 44.7 Å². The van der Waals surface area contributed by atoms with Gasteiger partial charge in [-0.25, -0.2) is 0 Å². The average Bonchev–Trinajstić information content (AvgIpc) is 0.722. The van der Waals surface area contributed by atoms with Gasteiger partial charge in [0.1, 0.15) is 0 Å². The Balaban J connectivity index is 0. The zero-order chi connectivity index (χ0) is 4.50. The van der Waals surface area contributed by atoms with E-state index in [1.165, 1.54) is 0 Å². The van der Waals surface area contributed by atoms with Gasteiger partial charge in [-0.3, -0.25) is 0 Å². The van der Waals surface area contributed by atoms with Gasteiger partial charge in [0.15, 0.2) is 0 Å². The molecule has 0 aromatic heterocycles. The number of hydrogen-bond donors (Lipinski definition) is 3. The van der Waals surface area contributed by atoms with Crippen molar-refractivity contribution in [1.29, 1.82) is 0 Å². The summed E-state index contributed by atoms with van der Waals surface area (Å²) in [6.07, 6.45) is 0. The Labute approximate surface area is 59.4 Å². The maximum absolute atomic E-state index is 7.56. The van der Waals surface area contributed by atoms with Crippen LogP contribution in [-0.4, -0.2) is 40.9 Å². The molecule has 0 aliphatic heterocycles. The van der Waals surface area contributed by atoms with E-state index in [-0.39, 0.29) is 26.2 Å². The van der Waals surface area contributed by atoms with Crippen LogP contribution in [0.3, 0.4) is 0 Å². The molecule has 0 amide bonds. The van der Waals surface area contributed by atoms with E-state index in [0.29, 0.717) is 0 Å². The molecule has 0 aliphatic carbocycles. The van der Waals surface area contributed by atoms with E-state index >= 15 is 0 Å². The Morgan fingerprint density at radius 3 is 1.17 bits per heavy atom. The Kier molecular flexibility index (Phi) is 5.93. The van der Waals surface area contributed by atoms with Gasteiger partial charge in [0, 0.05) is 0 Å². The fraction of sp³-hybridized carbons (Fsp3) is 0. The molecule has 3 nitrogen and oxygen atoms in total. The van der Waals surface area contributed by atoms with Gasteiger partial charge in [-0.1, -0.05) is 0 Å². The van der Waals surface area contributed by atoms with E-state index in [0.717, 1.165) is 0 Å². The standard InChI is InChI=1S/Bi.H3O3PS.3H/c;1-4(2,3)5;;;/h;(H3,1,2,3,5);;;. The second-order valence-electron chi connectivity index (χ2n) is 0.513. The van der Waals surface area contributed by atoms with E-state index in [9.17, 15) is 0 Å². The van der Waals surface area contributed by atoms with Crippen molar-refractivity contribution < 1.29 is 14.7 Å². The molecule has 40 valence electrons. The topological polar surface area (TPSA) is 60.7 Å². The van der Waals surface area contributed by atoms with Crippen LogP contribution in [-0.2, 0) is 11.8 Å². The summed E-state index contributed by atoms with van der Waals surface area (Å²) in [7, 11) is 0. The molecule has 0 radical (unpaired) electrons. The summed E-state index contributed by atoms with van der Waals surface area (Å²) >= 11 is 3.60. The van der Waals surface area contributed by atoms with Crippen LogP contribution in [0.5, 0.6) is 0 Å². The van der Waals surface area contributed by atoms with Crippen LogP contribution >= 0.6 is 6.72 Å². The van der Waals surface area contributed by atoms with E-state index in [1.54, 1.807) is 0 Å². The van der Waals surface area contributed by atoms with Gasteiger partial charge in [-0.15, -0.1) is 0 Å². The van der Waals surface area contributed by atoms with E-state index < -0.39 is 6.72 Å². The summed E-state index contributed by atoms with van der Waals surface area (Å²) in [5.74, 6) is 0. The summed E-state index contributed by atoms with van der Waals surface area (Å²) in [5, 5.41) is 0. The quantitative estimate of drug-likeness (QED) is 0.356. The molecular weight excluding hydrogens is 320 g/mol. The fourth-order valence-electron chi connectivity index (χ4n) is 0. The molecule has 0 heterocycles. The predicted molar refractivity (Wildman–Crippen MR) is 30.9 cm³/mol. The molecule has 0 atom stereocenters. The van der Waals surface area contributed by atoms with Gasteiger partial charge in [-0.05, 0) is 11.8 Å². The Bertz CT molecular complexity index is 56.9. The summed E-state index contributed by atoms with van der Waals surface area (Å²) in [4.78, 5) is 22.7. The number of hydrogen-bond acceptors (Lipinski definition) is 1. The first-order chi connectivity index (χ1) is 2.00. The van der Waals surface area contributed by atoms with Crippen LogP contribution in [0.1, 0.15) is 0 Å². The van der Waals surface area contributed by atoms with Gasteiger partial charge in [-0.2, -0.15) is 0 Å². The average molecular weight is 326 g/mol. The van der Waals surface area contributed by atoms with Gasteiger partial charge in [0.2, 0.25) is 0 Å². The van der Waals surface area contributed by atoms with Crippen molar-refractivity contribution in [3.8, 4) is 0 Å². The molecule has 6 heavy (non-hydrogen) atoms. The second-order valence-corrected chi connectivity index (χ2v) is 3.01. The maximum atomic E-state index is 7.56. The third-order valence-electron chi connectivity index (χ3n) is 0. The third-order valence-corrected chi connectivity index (χ3v) is 0. The summed E-state index contributed by atoms with van der Waals surface area (Å²) < 4.78 is 0. The van der Waals surface area contributed by atoms with Gasteiger partial charge in [0.05, 0.1) is 0 Å². The molecule has 3 N–H and O–H groups in total. The molecule has 0 aromatic rings. The van der Waals surface area contributed by atoms with Crippen LogP contribution in [0, 0.1) is 0 Å². The van der Waals surface area contributed by atoms with Crippen molar-refractivity contribution in [3.63, 3.8) is 0 Å². The molecule has 0 rings (SSSR count). The zero-order valence-corrected chi connectivity index (χ0v) is 10.1. The van der Waals surface area contributed by atoms with E-state index in [1.807, 2.05) is 0 Å². The molecular formula is H6BiO3PS. The van der Waals surface area contributed by atoms with Crippen molar-refractivity contribution in [1.82, 2.24) is 0 Å². The first kappa shape index (κ1) is 10.4. The van der Waals surface area contributed by atoms with Crippen molar-refractivity contribution in [2.24, 2.45) is 0 Å². The van der Waals surface area contributed by atoms with Crippen molar-refractivity contribution in [3.05, 3.63) is 0 Å². The van der Waals surface area contributed by atoms with E-state index in [2.05, 4.69) is 11.8 Å². The molecule has 0 spiro atoms. The molecule has 0 aliphatic rings. The normalized spacial score (nSPS) is 9.83. The zero-order valence-electron chi connectivity index (χ0n) is 2.90. The minimum absolute atomic E-state index is 0. The monoisotopic (exact) mass is 326 g/mol. The molecule has 0 unspecified atom stereocenters. The minimum atomic E-state index is -3.81. The van der Waals surface area contributed by atoms with Gasteiger partial charge in [0.25, 0.3) is 0 Å². The summed E-state index contributed by atoms with van der Waals surface area (Å²) in [6, 6.07) is 0. The van der Waals surface area contributed by atoms with Gasteiger partial charge < -0.3 is 14.7 Å². The Morgan fingerprint density at radius 2 is 1.17 bits per heavy atom. The predicted octanol–water partition coefficient (Wildman–Crippen LogP) is -2.00. The Morgan fingerprint density at radius 1 is 1.17 bits per heavy atom. The summed E-state index contributed by atoms with van der Waals surface area (Å²) in [5.41, 5.74) is 0. The molecule has 0 saturated heterocycles. The molecule has 6 heteroatoms. The first-order valence-corrected chi connectivity index (χ1v) is 3.44. The molecule has 0 saturated carbocycles. The fourth-order valence-corrected chi connectivity index (χ4v) is 0. The van der Waals surface area contributed by atoms with Crippen LogP contribution in [0.2, 0.25) is 0 Å². The van der Waals surface area contributed by atoms with Gasteiger partial charge >= 0.3 is 32.9 Å². The van der Waals surface area contributed by atoms with E-state index in [4.69, 9.17) is 14.7 Å². The van der Waals surface area contributed by atoms with Crippen LogP contribution in [0.15, 0.2) is 0 Å². The SMILES string of the molecule is OP(O)(O)=S.[BiH3]. The van der Waals surface area contributed by atoms with Crippen LogP contribution < -0.4 is 0 Å². The van der Waals surface area contributed by atoms with Crippen LogP contribution in [0.4, 0.5) is 0 Å². The van der Waals surface area contributed by atoms with Crippen LogP contribution in [0.25, 0.3) is 0 Å². The molecule has 0 fully saturated rings. The first-order valence-electron chi connectivity index (χ1n) is 0.783. The summed E-state index contributed by atoms with van der Waals surface area (Å²) in [6.45, 7) is -3.81. The van der Waals surface area contributed by atoms with Crippen molar-refractivity contribution in [2.45, 2.75) is 0 Å².